The van der Waals surface area contributed by atoms with Gasteiger partial charge in [-0.25, -0.2) is 4.68 Å². The molecule has 1 saturated heterocycles. The summed E-state index contributed by atoms with van der Waals surface area (Å²) in [5, 5.41) is 10.3. The largest absolute Gasteiger partial charge is 0.416 e. The number of nitrogens with zero attached hydrogens (tertiary/aromatic N) is 2. The van der Waals surface area contributed by atoms with Gasteiger partial charge in [-0.2, -0.15) is 18.3 Å². The monoisotopic (exact) mass is 388 g/mol. The quantitative estimate of drug-likeness (QED) is 0.849. The minimum atomic E-state index is -4.42. The van der Waals surface area contributed by atoms with Crippen molar-refractivity contribution in [3.05, 3.63) is 47.8 Å². The van der Waals surface area contributed by atoms with Gasteiger partial charge in [-0.15, -0.1) is 12.4 Å². The highest BCUT2D eigenvalue weighted by atomic mass is 35.5. The molecule has 1 aliphatic heterocycles. The standard InChI is InChI=1S/C17H19F3N4O.ClH/c1-11-5-7-21-10-15(11)22-16(25)14-6-8-24(23-14)13-4-2-3-12(9-13)17(18,19)20;/h2-4,6,8-9,11,15,21H,5,7,10H2,1H3,(H,22,25);1H. The van der Waals surface area contributed by atoms with Crippen molar-refractivity contribution in [1.82, 2.24) is 20.4 Å². The van der Waals surface area contributed by atoms with Gasteiger partial charge >= 0.3 is 6.18 Å². The van der Waals surface area contributed by atoms with Gasteiger partial charge in [-0.3, -0.25) is 4.79 Å². The lowest BCUT2D eigenvalue weighted by Gasteiger charge is -2.29. The number of benzene rings is 1. The minimum Gasteiger partial charge on any atom is -0.346 e. The highest BCUT2D eigenvalue weighted by molar-refractivity contribution is 5.92. The summed E-state index contributed by atoms with van der Waals surface area (Å²) in [5.74, 6) is 0.0297. The molecule has 2 atom stereocenters. The van der Waals surface area contributed by atoms with Crippen LogP contribution in [-0.2, 0) is 6.18 Å². The van der Waals surface area contributed by atoms with Gasteiger partial charge in [0.05, 0.1) is 11.3 Å². The van der Waals surface area contributed by atoms with E-state index in [2.05, 4.69) is 22.7 Å². The Kier molecular flexibility index (Phi) is 6.30. The smallest absolute Gasteiger partial charge is 0.346 e. The third kappa shape index (κ3) is 4.56. The Balaban J connectivity index is 0.00000243. The summed E-state index contributed by atoms with van der Waals surface area (Å²) in [7, 11) is 0. The second-order valence-corrected chi connectivity index (χ2v) is 6.24. The number of piperidine rings is 1. The predicted octanol–water partition coefficient (Wildman–Crippen LogP) is 3.04. The van der Waals surface area contributed by atoms with Crippen LogP contribution in [-0.4, -0.2) is 34.8 Å². The maximum atomic E-state index is 12.8. The molecule has 26 heavy (non-hydrogen) atoms. The Hall–Kier alpha value is -2.06. The Morgan fingerprint density at radius 2 is 2.12 bits per heavy atom. The molecule has 2 aromatic rings. The van der Waals surface area contributed by atoms with Gasteiger partial charge in [0.25, 0.3) is 5.91 Å². The Morgan fingerprint density at radius 1 is 1.35 bits per heavy atom. The number of hydrogen-bond donors (Lipinski definition) is 2. The molecule has 0 spiro atoms. The zero-order chi connectivity index (χ0) is 18.0. The van der Waals surface area contributed by atoms with Crippen molar-refractivity contribution >= 4 is 18.3 Å². The molecule has 2 unspecified atom stereocenters. The fraction of sp³-hybridized carbons (Fsp3) is 0.412. The van der Waals surface area contributed by atoms with Gasteiger partial charge in [0.1, 0.15) is 0 Å². The van der Waals surface area contributed by atoms with Gasteiger partial charge in [-0.05, 0) is 43.1 Å². The molecule has 1 aromatic heterocycles. The fourth-order valence-electron chi connectivity index (χ4n) is 2.84. The lowest BCUT2D eigenvalue weighted by molar-refractivity contribution is -0.137. The van der Waals surface area contributed by atoms with Crippen LogP contribution in [0.2, 0.25) is 0 Å². The molecule has 2 N–H and O–H groups in total. The lowest BCUT2D eigenvalue weighted by Crippen LogP contribution is -2.50. The highest BCUT2D eigenvalue weighted by Crippen LogP contribution is 2.30. The number of rotatable bonds is 3. The molecule has 0 bridgehead atoms. The number of carbonyl (C=O) groups excluding carboxylic acids is 1. The molecule has 0 radical (unpaired) electrons. The maximum absolute atomic E-state index is 12.8. The number of halogens is 4. The van der Waals surface area contributed by atoms with Crippen LogP contribution < -0.4 is 10.6 Å². The van der Waals surface area contributed by atoms with E-state index in [9.17, 15) is 18.0 Å². The van der Waals surface area contributed by atoms with E-state index in [4.69, 9.17) is 0 Å². The van der Waals surface area contributed by atoms with Crippen molar-refractivity contribution in [1.29, 1.82) is 0 Å². The summed E-state index contributed by atoms with van der Waals surface area (Å²) in [6, 6.07) is 6.34. The molecule has 0 aliphatic carbocycles. The second-order valence-electron chi connectivity index (χ2n) is 6.24. The zero-order valence-corrected chi connectivity index (χ0v) is 14.9. The Bertz CT molecular complexity index is 762. The molecule has 1 aliphatic rings. The first-order chi connectivity index (χ1) is 11.8. The Labute approximate surface area is 155 Å². The van der Waals surface area contributed by atoms with Crippen molar-refractivity contribution in [2.75, 3.05) is 13.1 Å². The molecular weight excluding hydrogens is 369 g/mol. The van der Waals surface area contributed by atoms with Gasteiger partial charge in [0.15, 0.2) is 5.69 Å². The normalized spacial score (nSPS) is 20.3. The van der Waals surface area contributed by atoms with Crippen LogP contribution in [0, 0.1) is 5.92 Å². The highest BCUT2D eigenvalue weighted by Gasteiger charge is 2.30. The average molecular weight is 389 g/mol. The summed E-state index contributed by atoms with van der Waals surface area (Å²) in [6.45, 7) is 3.70. The van der Waals surface area contributed by atoms with Crippen molar-refractivity contribution in [2.24, 2.45) is 5.92 Å². The first kappa shape index (κ1) is 20.3. The second kappa shape index (κ2) is 8.09. The van der Waals surface area contributed by atoms with Gasteiger partial charge in [-0.1, -0.05) is 13.0 Å². The van der Waals surface area contributed by atoms with E-state index in [1.54, 1.807) is 0 Å². The zero-order valence-electron chi connectivity index (χ0n) is 14.1. The predicted molar refractivity (Wildman–Crippen MR) is 93.7 cm³/mol. The summed E-state index contributed by atoms with van der Waals surface area (Å²) >= 11 is 0. The van der Waals surface area contributed by atoms with Crippen LogP contribution in [0.25, 0.3) is 5.69 Å². The maximum Gasteiger partial charge on any atom is 0.416 e. The van der Waals surface area contributed by atoms with E-state index in [0.29, 0.717) is 12.5 Å². The molecule has 3 rings (SSSR count). The van der Waals surface area contributed by atoms with Crippen LogP contribution in [0.5, 0.6) is 0 Å². The third-order valence-corrected chi connectivity index (χ3v) is 4.40. The fourth-order valence-corrected chi connectivity index (χ4v) is 2.84. The number of hydrogen-bond acceptors (Lipinski definition) is 3. The summed E-state index contributed by atoms with van der Waals surface area (Å²) in [4.78, 5) is 12.3. The van der Waals surface area contributed by atoms with Crippen molar-refractivity contribution in [3.63, 3.8) is 0 Å². The van der Waals surface area contributed by atoms with E-state index < -0.39 is 11.7 Å². The van der Waals surface area contributed by atoms with Gasteiger partial charge in [0.2, 0.25) is 0 Å². The van der Waals surface area contributed by atoms with Crippen LogP contribution in [0.1, 0.15) is 29.4 Å². The molecule has 1 amide bonds. The molecule has 2 heterocycles. The average Bonchev–Trinajstić information content (AvgIpc) is 3.06. The summed E-state index contributed by atoms with van der Waals surface area (Å²) < 4.78 is 39.7. The van der Waals surface area contributed by atoms with Crippen molar-refractivity contribution in [3.8, 4) is 5.69 Å². The molecule has 5 nitrogen and oxygen atoms in total. The molecule has 0 saturated carbocycles. The first-order valence-electron chi connectivity index (χ1n) is 8.09. The minimum absolute atomic E-state index is 0. The SMILES string of the molecule is CC1CCNCC1NC(=O)c1ccn(-c2cccc(C(F)(F)F)c2)n1.Cl. The number of carbonyl (C=O) groups is 1. The number of amides is 1. The van der Waals surface area contributed by atoms with E-state index in [1.807, 2.05) is 0 Å². The van der Waals surface area contributed by atoms with E-state index >= 15 is 0 Å². The van der Waals surface area contributed by atoms with Gasteiger partial charge in [0, 0.05) is 18.8 Å². The number of alkyl halides is 3. The third-order valence-electron chi connectivity index (χ3n) is 4.40. The van der Waals surface area contributed by atoms with E-state index in [1.165, 1.54) is 29.1 Å². The van der Waals surface area contributed by atoms with E-state index in [-0.39, 0.29) is 35.7 Å². The summed E-state index contributed by atoms with van der Waals surface area (Å²) in [5.41, 5.74) is -0.328. The van der Waals surface area contributed by atoms with Crippen LogP contribution >= 0.6 is 12.4 Å². The molecule has 1 fully saturated rings. The van der Waals surface area contributed by atoms with Gasteiger partial charge < -0.3 is 10.6 Å². The van der Waals surface area contributed by atoms with Crippen molar-refractivity contribution < 1.29 is 18.0 Å². The van der Waals surface area contributed by atoms with E-state index in [0.717, 1.165) is 25.1 Å². The van der Waals surface area contributed by atoms with Crippen LogP contribution in [0.3, 0.4) is 0 Å². The molecule has 1 aromatic carbocycles. The van der Waals surface area contributed by atoms with Crippen LogP contribution in [0.15, 0.2) is 36.5 Å². The lowest BCUT2D eigenvalue weighted by atomic mass is 9.95. The number of aromatic nitrogens is 2. The Morgan fingerprint density at radius 3 is 2.81 bits per heavy atom. The van der Waals surface area contributed by atoms with Crippen molar-refractivity contribution in [2.45, 2.75) is 25.6 Å². The first-order valence-corrected chi connectivity index (χ1v) is 8.09. The topological polar surface area (TPSA) is 58.9 Å². The summed E-state index contributed by atoms with van der Waals surface area (Å²) in [6.07, 6.45) is -1.97. The van der Waals surface area contributed by atoms with Crippen LogP contribution in [0.4, 0.5) is 13.2 Å². The number of nitrogens with one attached hydrogen (secondary N) is 2. The molecule has 142 valence electrons. The molecular formula is C17H20ClF3N4O. The molecule has 9 heteroatoms.